The minimum Gasteiger partial charge on any atom is -0.394 e. The zero-order chi connectivity index (χ0) is 15.8. The summed E-state index contributed by atoms with van der Waals surface area (Å²) in [7, 11) is 0. The van der Waals surface area contributed by atoms with E-state index in [-0.39, 0.29) is 0 Å². The average Bonchev–Trinajstić information content (AvgIpc) is 2.53. The second-order valence-electron chi connectivity index (χ2n) is 4.18. The molecule has 9 heteroatoms. The summed E-state index contributed by atoms with van der Waals surface area (Å²) in [6.45, 7) is -0.777. The highest BCUT2D eigenvalue weighted by atomic mass is 16.4. The predicted molar refractivity (Wildman–Crippen MR) is 71.3 cm³/mol. The Morgan fingerprint density at radius 1 is 1.24 bits per heavy atom. The van der Waals surface area contributed by atoms with E-state index in [1.165, 1.54) is 24.5 Å². The molecule has 1 heterocycles. The maximum absolute atomic E-state index is 11.6. The summed E-state index contributed by atoms with van der Waals surface area (Å²) in [5, 5.41) is 49.5. The molecule has 0 bridgehead atoms. The van der Waals surface area contributed by atoms with Crippen LogP contribution in [0.1, 0.15) is 10.4 Å². The standard InChI is InChI=1S/C12H17N3O6/c16-6-9(18)11(20)10(19)8(17)5-14-15-12(21)7-1-3-13-4-2-7/h1-5,8-11,16-20H,6H2,(H,15,21)/b14-5+/t8-,9-,10-,11-/m0/s1. The number of hydrazone groups is 1. The summed E-state index contributed by atoms with van der Waals surface area (Å²) < 4.78 is 0. The minimum absolute atomic E-state index is 0.299. The number of carbonyl (C=O) groups excluding carboxylic acids is 1. The zero-order valence-electron chi connectivity index (χ0n) is 10.9. The molecule has 0 unspecified atom stereocenters. The molecule has 1 aromatic heterocycles. The van der Waals surface area contributed by atoms with Crippen LogP contribution in [0.5, 0.6) is 0 Å². The first-order valence-corrected chi connectivity index (χ1v) is 6.04. The first kappa shape index (κ1) is 17.1. The molecule has 0 fully saturated rings. The third kappa shape index (κ3) is 5.17. The number of nitrogens with one attached hydrogen (secondary N) is 1. The molecule has 0 aromatic carbocycles. The van der Waals surface area contributed by atoms with Crippen molar-refractivity contribution in [2.24, 2.45) is 5.10 Å². The van der Waals surface area contributed by atoms with E-state index in [9.17, 15) is 20.1 Å². The van der Waals surface area contributed by atoms with Gasteiger partial charge in [-0.1, -0.05) is 0 Å². The van der Waals surface area contributed by atoms with Gasteiger partial charge in [0.1, 0.15) is 24.4 Å². The minimum atomic E-state index is -1.77. The van der Waals surface area contributed by atoms with Crippen molar-refractivity contribution in [3.05, 3.63) is 30.1 Å². The Bertz CT molecular complexity index is 469. The van der Waals surface area contributed by atoms with Crippen molar-refractivity contribution in [1.29, 1.82) is 0 Å². The van der Waals surface area contributed by atoms with Crippen molar-refractivity contribution < 1.29 is 30.3 Å². The Labute approximate surface area is 120 Å². The van der Waals surface area contributed by atoms with Crippen molar-refractivity contribution >= 4 is 12.1 Å². The molecule has 21 heavy (non-hydrogen) atoms. The van der Waals surface area contributed by atoms with Gasteiger partial charge in [-0.2, -0.15) is 5.10 Å². The highest BCUT2D eigenvalue weighted by Gasteiger charge is 2.29. The number of pyridine rings is 1. The van der Waals surface area contributed by atoms with Gasteiger partial charge in [0, 0.05) is 18.0 Å². The third-order valence-electron chi connectivity index (χ3n) is 2.62. The number of hydrogen-bond acceptors (Lipinski definition) is 8. The van der Waals surface area contributed by atoms with Crippen molar-refractivity contribution in [2.45, 2.75) is 24.4 Å². The second-order valence-corrected chi connectivity index (χ2v) is 4.18. The first-order chi connectivity index (χ1) is 9.97. The largest absolute Gasteiger partial charge is 0.394 e. The molecule has 6 N–H and O–H groups in total. The predicted octanol–water partition coefficient (Wildman–Crippen LogP) is -2.77. The summed E-state index contributed by atoms with van der Waals surface area (Å²) in [5.74, 6) is -0.550. The third-order valence-corrected chi connectivity index (χ3v) is 2.62. The van der Waals surface area contributed by atoms with Gasteiger partial charge in [0.15, 0.2) is 0 Å². The van der Waals surface area contributed by atoms with Gasteiger partial charge in [-0.05, 0) is 12.1 Å². The van der Waals surface area contributed by atoms with Crippen LogP contribution in [0.15, 0.2) is 29.6 Å². The molecule has 0 saturated heterocycles. The van der Waals surface area contributed by atoms with E-state index in [1.807, 2.05) is 0 Å². The van der Waals surface area contributed by atoms with Gasteiger partial charge in [-0.3, -0.25) is 9.78 Å². The van der Waals surface area contributed by atoms with Crippen LogP contribution in [0, 0.1) is 0 Å². The Hall–Kier alpha value is -1.91. The lowest BCUT2D eigenvalue weighted by atomic mass is 10.0. The lowest BCUT2D eigenvalue weighted by molar-refractivity contribution is -0.0999. The lowest BCUT2D eigenvalue weighted by Gasteiger charge is -2.23. The number of nitrogens with zero attached hydrogens (tertiary/aromatic N) is 2. The van der Waals surface area contributed by atoms with Crippen LogP contribution in [0.4, 0.5) is 0 Å². The van der Waals surface area contributed by atoms with Gasteiger partial charge in [-0.15, -0.1) is 0 Å². The maximum Gasteiger partial charge on any atom is 0.271 e. The molecule has 4 atom stereocenters. The second kappa shape index (κ2) is 8.39. The number of hydrogen-bond donors (Lipinski definition) is 6. The Balaban J connectivity index is 2.51. The molecule has 0 aliphatic carbocycles. The van der Waals surface area contributed by atoms with Gasteiger partial charge >= 0.3 is 0 Å². The number of carbonyl (C=O) groups is 1. The quantitative estimate of drug-likeness (QED) is 0.235. The van der Waals surface area contributed by atoms with E-state index in [0.717, 1.165) is 6.21 Å². The fraction of sp³-hybridized carbons (Fsp3) is 0.417. The van der Waals surface area contributed by atoms with Crippen LogP contribution in [-0.2, 0) is 0 Å². The topological polar surface area (TPSA) is 156 Å². The highest BCUT2D eigenvalue weighted by Crippen LogP contribution is 2.03. The summed E-state index contributed by atoms with van der Waals surface area (Å²) >= 11 is 0. The fourth-order valence-electron chi connectivity index (χ4n) is 1.37. The monoisotopic (exact) mass is 299 g/mol. The molecule has 1 aromatic rings. The number of aromatic nitrogens is 1. The van der Waals surface area contributed by atoms with Crippen molar-refractivity contribution in [1.82, 2.24) is 10.4 Å². The Morgan fingerprint density at radius 2 is 1.86 bits per heavy atom. The summed E-state index contributed by atoms with van der Waals surface area (Å²) in [4.78, 5) is 15.3. The average molecular weight is 299 g/mol. The van der Waals surface area contributed by atoms with Gasteiger partial charge < -0.3 is 25.5 Å². The molecule has 0 spiro atoms. The molecule has 1 rings (SSSR count). The number of rotatable bonds is 7. The van der Waals surface area contributed by atoms with Crippen molar-refractivity contribution in [2.75, 3.05) is 6.61 Å². The molecule has 0 aliphatic rings. The molecule has 1 amide bonds. The van der Waals surface area contributed by atoms with Crippen molar-refractivity contribution in [3.8, 4) is 0 Å². The molecule has 0 saturated carbocycles. The van der Waals surface area contributed by atoms with Crippen LogP contribution < -0.4 is 5.43 Å². The van der Waals surface area contributed by atoms with Crippen LogP contribution >= 0.6 is 0 Å². The van der Waals surface area contributed by atoms with Crippen LogP contribution in [0.3, 0.4) is 0 Å². The summed E-state index contributed by atoms with van der Waals surface area (Å²) in [6, 6.07) is 2.91. The molecule has 116 valence electrons. The smallest absolute Gasteiger partial charge is 0.271 e. The van der Waals surface area contributed by atoms with Gasteiger partial charge in [0.2, 0.25) is 0 Å². The Morgan fingerprint density at radius 3 is 2.43 bits per heavy atom. The number of aliphatic hydroxyl groups excluding tert-OH is 5. The maximum atomic E-state index is 11.6. The van der Waals surface area contributed by atoms with E-state index in [2.05, 4.69) is 15.5 Å². The summed E-state index contributed by atoms with van der Waals surface area (Å²) in [6.07, 6.45) is -3.14. The zero-order valence-corrected chi connectivity index (χ0v) is 10.9. The van der Waals surface area contributed by atoms with Crippen LogP contribution in [-0.4, -0.2) is 73.7 Å². The summed E-state index contributed by atoms with van der Waals surface area (Å²) in [5.41, 5.74) is 2.40. The molecule has 0 aliphatic heterocycles. The number of aliphatic hydroxyl groups is 5. The van der Waals surface area contributed by atoms with E-state index < -0.39 is 36.9 Å². The van der Waals surface area contributed by atoms with Crippen LogP contribution in [0.2, 0.25) is 0 Å². The van der Waals surface area contributed by atoms with Gasteiger partial charge in [0.25, 0.3) is 5.91 Å². The molecule has 9 nitrogen and oxygen atoms in total. The van der Waals surface area contributed by atoms with E-state index in [1.54, 1.807) is 0 Å². The van der Waals surface area contributed by atoms with Gasteiger partial charge in [-0.25, -0.2) is 5.43 Å². The van der Waals surface area contributed by atoms with E-state index in [4.69, 9.17) is 10.2 Å². The number of amides is 1. The lowest BCUT2D eigenvalue weighted by Crippen LogP contribution is -2.46. The van der Waals surface area contributed by atoms with Crippen LogP contribution in [0.25, 0.3) is 0 Å². The normalized spacial score (nSPS) is 17.2. The van der Waals surface area contributed by atoms with Crippen molar-refractivity contribution in [3.63, 3.8) is 0 Å². The Kier molecular flexibility index (Phi) is 6.85. The van der Waals surface area contributed by atoms with E-state index in [0.29, 0.717) is 5.56 Å². The van der Waals surface area contributed by atoms with E-state index >= 15 is 0 Å². The molecular formula is C12H17N3O6. The molecule has 0 radical (unpaired) electrons. The SMILES string of the molecule is O=C(N/N=C/[C@H](O)[C@H](O)[C@@H](O)[C@@H](O)CO)c1ccncc1. The fourth-order valence-corrected chi connectivity index (χ4v) is 1.37. The highest BCUT2D eigenvalue weighted by molar-refractivity contribution is 5.94. The van der Waals surface area contributed by atoms with Gasteiger partial charge in [0.05, 0.1) is 12.8 Å². The first-order valence-electron chi connectivity index (χ1n) is 6.04. The molecular weight excluding hydrogens is 282 g/mol.